The minimum atomic E-state index is -0.274. The smallest absolute Gasteiger partial charge is 0.258 e. The summed E-state index contributed by atoms with van der Waals surface area (Å²) in [6.07, 6.45) is 6.45. The standard InChI is InChI=1S/C18H17N5O2/c1-25-16-6-4-15(5-7-16)23-17(24)14-11-21-18(22-12-14)20-10-13-3-2-8-19-9-13/h2-9,11-12H,10H2,1H3,(H,23,24)(H,20,21,22). The number of methoxy groups -OCH3 is 1. The topological polar surface area (TPSA) is 89.0 Å². The Hall–Kier alpha value is -3.48. The molecule has 3 rings (SSSR count). The van der Waals surface area contributed by atoms with E-state index in [-0.39, 0.29) is 5.91 Å². The van der Waals surface area contributed by atoms with Crippen LogP contribution in [0.15, 0.2) is 61.2 Å². The van der Waals surface area contributed by atoms with E-state index in [1.807, 2.05) is 12.1 Å². The molecule has 2 aromatic heterocycles. The average molecular weight is 335 g/mol. The van der Waals surface area contributed by atoms with Crippen LogP contribution < -0.4 is 15.4 Å². The molecular weight excluding hydrogens is 318 g/mol. The van der Waals surface area contributed by atoms with Gasteiger partial charge in [0.2, 0.25) is 5.95 Å². The summed E-state index contributed by atoms with van der Waals surface area (Å²) in [4.78, 5) is 24.6. The predicted octanol–water partition coefficient (Wildman–Crippen LogP) is 2.74. The number of nitrogens with one attached hydrogen (secondary N) is 2. The number of hydrogen-bond acceptors (Lipinski definition) is 6. The molecule has 3 aromatic rings. The van der Waals surface area contributed by atoms with Crippen LogP contribution >= 0.6 is 0 Å². The van der Waals surface area contributed by atoms with E-state index in [0.29, 0.717) is 23.7 Å². The van der Waals surface area contributed by atoms with E-state index in [4.69, 9.17) is 4.74 Å². The first kappa shape index (κ1) is 16.4. The van der Waals surface area contributed by atoms with Crippen LogP contribution in [0.1, 0.15) is 15.9 Å². The highest BCUT2D eigenvalue weighted by Crippen LogP contribution is 2.15. The fraction of sp³-hybridized carbons (Fsp3) is 0.111. The van der Waals surface area contributed by atoms with Gasteiger partial charge in [-0.05, 0) is 35.9 Å². The summed E-state index contributed by atoms with van der Waals surface area (Å²) >= 11 is 0. The Bertz CT molecular complexity index is 820. The number of benzene rings is 1. The normalized spacial score (nSPS) is 10.1. The van der Waals surface area contributed by atoms with Crippen molar-refractivity contribution in [2.75, 3.05) is 17.7 Å². The Morgan fingerprint density at radius 3 is 2.48 bits per heavy atom. The Labute approximate surface area is 145 Å². The van der Waals surface area contributed by atoms with Crippen molar-refractivity contribution >= 4 is 17.5 Å². The molecule has 7 nitrogen and oxygen atoms in total. The Morgan fingerprint density at radius 2 is 1.84 bits per heavy atom. The van der Waals surface area contributed by atoms with Crippen molar-refractivity contribution in [1.82, 2.24) is 15.0 Å². The number of amides is 1. The molecule has 0 radical (unpaired) electrons. The molecule has 0 spiro atoms. The van der Waals surface area contributed by atoms with Crippen LogP contribution in [0.25, 0.3) is 0 Å². The van der Waals surface area contributed by atoms with Crippen LogP contribution in [-0.2, 0) is 6.54 Å². The zero-order chi connectivity index (χ0) is 17.5. The molecule has 2 N–H and O–H groups in total. The van der Waals surface area contributed by atoms with Crippen molar-refractivity contribution < 1.29 is 9.53 Å². The summed E-state index contributed by atoms with van der Waals surface area (Å²) in [5.74, 6) is 0.902. The predicted molar refractivity (Wildman–Crippen MR) is 94.5 cm³/mol. The molecule has 0 saturated heterocycles. The monoisotopic (exact) mass is 335 g/mol. The van der Waals surface area contributed by atoms with Crippen molar-refractivity contribution in [3.8, 4) is 5.75 Å². The molecule has 0 unspecified atom stereocenters. The van der Waals surface area contributed by atoms with Gasteiger partial charge in [-0.1, -0.05) is 6.07 Å². The first-order valence-electron chi connectivity index (χ1n) is 7.65. The van der Waals surface area contributed by atoms with Crippen LogP contribution in [0.2, 0.25) is 0 Å². The number of ether oxygens (including phenoxy) is 1. The summed E-state index contributed by atoms with van der Waals surface area (Å²) in [5.41, 5.74) is 2.07. The lowest BCUT2D eigenvalue weighted by Crippen LogP contribution is -2.13. The highest BCUT2D eigenvalue weighted by molar-refractivity contribution is 6.03. The van der Waals surface area contributed by atoms with Gasteiger partial charge in [0, 0.05) is 37.0 Å². The fourth-order valence-electron chi connectivity index (χ4n) is 2.10. The van der Waals surface area contributed by atoms with Gasteiger partial charge in [-0.15, -0.1) is 0 Å². The van der Waals surface area contributed by atoms with E-state index in [1.54, 1.807) is 43.8 Å². The Morgan fingerprint density at radius 1 is 1.08 bits per heavy atom. The maximum Gasteiger partial charge on any atom is 0.258 e. The van der Waals surface area contributed by atoms with Gasteiger partial charge in [0.25, 0.3) is 5.91 Å². The number of anilines is 2. The molecule has 0 bridgehead atoms. The Kier molecular flexibility index (Phi) is 5.16. The third-order valence-corrected chi connectivity index (χ3v) is 3.44. The molecule has 7 heteroatoms. The van der Waals surface area contributed by atoms with Gasteiger partial charge in [-0.25, -0.2) is 9.97 Å². The van der Waals surface area contributed by atoms with Crippen molar-refractivity contribution in [3.05, 3.63) is 72.3 Å². The van der Waals surface area contributed by atoms with E-state index >= 15 is 0 Å². The van der Waals surface area contributed by atoms with Gasteiger partial charge < -0.3 is 15.4 Å². The highest BCUT2D eigenvalue weighted by Gasteiger charge is 2.08. The molecule has 2 heterocycles. The molecule has 0 fully saturated rings. The number of rotatable bonds is 6. The van der Waals surface area contributed by atoms with Gasteiger partial charge in [-0.2, -0.15) is 0 Å². The molecule has 1 aromatic carbocycles. The number of carbonyl (C=O) groups excluding carboxylic acids is 1. The second kappa shape index (κ2) is 7.87. The first-order valence-corrected chi connectivity index (χ1v) is 7.65. The van der Waals surface area contributed by atoms with Gasteiger partial charge in [0.05, 0.1) is 12.7 Å². The summed E-state index contributed by atoms with van der Waals surface area (Å²) in [6, 6.07) is 10.9. The van der Waals surface area contributed by atoms with E-state index in [2.05, 4.69) is 25.6 Å². The number of aromatic nitrogens is 3. The largest absolute Gasteiger partial charge is 0.497 e. The zero-order valence-electron chi connectivity index (χ0n) is 13.6. The van der Waals surface area contributed by atoms with Crippen LogP contribution in [0.4, 0.5) is 11.6 Å². The summed E-state index contributed by atoms with van der Waals surface area (Å²) in [5, 5.41) is 5.87. The molecule has 126 valence electrons. The van der Waals surface area contributed by atoms with Crippen molar-refractivity contribution in [1.29, 1.82) is 0 Å². The lowest BCUT2D eigenvalue weighted by atomic mass is 10.2. The van der Waals surface area contributed by atoms with Crippen LogP contribution in [0.5, 0.6) is 5.75 Å². The number of pyridine rings is 1. The second-order valence-electron chi connectivity index (χ2n) is 5.19. The highest BCUT2D eigenvalue weighted by atomic mass is 16.5. The van der Waals surface area contributed by atoms with E-state index < -0.39 is 0 Å². The van der Waals surface area contributed by atoms with Crippen LogP contribution in [0, 0.1) is 0 Å². The Balaban J connectivity index is 1.58. The first-order chi connectivity index (χ1) is 12.2. The van der Waals surface area contributed by atoms with Gasteiger partial charge >= 0.3 is 0 Å². The minimum absolute atomic E-state index is 0.274. The SMILES string of the molecule is COc1ccc(NC(=O)c2cnc(NCc3cccnc3)nc2)cc1. The van der Waals surface area contributed by atoms with E-state index in [9.17, 15) is 4.79 Å². The maximum atomic E-state index is 12.2. The molecule has 1 amide bonds. The van der Waals surface area contributed by atoms with Gasteiger partial charge in [-0.3, -0.25) is 9.78 Å². The quantitative estimate of drug-likeness (QED) is 0.720. The number of nitrogens with zero attached hydrogens (tertiary/aromatic N) is 3. The average Bonchev–Trinajstić information content (AvgIpc) is 2.68. The lowest BCUT2D eigenvalue weighted by molar-refractivity contribution is 0.102. The van der Waals surface area contributed by atoms with Gasteiger partial charge in [0.1, 0.15) is 5.75 Å². The van der Waals surface area contributed by atoms with Crippen molar-refractivity contribution in [3.63, 3.8) is 0 Å². The molecule has 0 atom stereocenters. The summed E-state index contributed by atoms with van der Waals surface area (Å²) in [7, 11) is 1.59. The van der Waals surface area contributed by atoms with E-state index in [1.165, 1.54) is 12.4 Å². The van der Waals surface area contributed by atoms with Crippen LogP contribution in [-0.4, -0.2) is 28.0 Å². The van der Waals surface area contributed by atoms with E-state index in [0.717, 1.165) is 11.3 Å². The minimum Gasteiger partial charge on any atom is -0.497 e. The number of hydrogen-bond donors (Lipinski definition) is 2. The zero-order valence-corrected chi connectivity index (χ0v) is 13.6. The molecule has 0 aliphatic rings. The third-order valence-electron chi connectivity index (χ3n) is 3.44. The molecule has 25 heavy (non-hydrogen) atoms. The second-order valence-corrected chi connectivity index (χ2v) is 5.19. The fourth-order valence-corrected chi connectivity index (χ4v) is 2.10. The van der Waals surface area contributed by atoms with Gasteiger partial charge in [0.15, 0.2) is 0 Å². The number of carbonyl (C=O) groups is 1. The molecule has 0 saturated carbocycles. The summed E-state index contributed by atoms with van der Waals surface area (Å²) in [6.45, 7) is 0.561. The maximum absolute atomic E-state index is 12.2. The molecule has 0 aliphatic carbocycles. The lowest BCUT2D eigenvalue weighted by Gasteiger charge is -2.07. The molecule has 0 aliphatic heterocycles. The van der Waals surface area contributed by atoms with Crippen molar-refractivity contribution in [2.45, 2.75) is 6.54 Å². The molecular formula is C18H17N5O2. The summed E-state index contributed by atoms with van der Waals surface area (Å²) < 4.78 is 5.08. The van der Waals surface area contributed by atoms with Crippen molar-refractivity contribution in [2.24, 2.45) is 0 Å². The van der Waals surface area contributed by atoms with Crippen LogP contribution in [0.3, 0.4) is 0 Å². The third kappa shape index (κ3) is 4.51.